The third-order valence-corrected chi connectivity index (χ3v) is 1.05. The number of hydrogen-bond acceptors (Lipinski definition) is 2. The molecule has 0 heterocycles. The highest BCUT2D eigenvalue weighted by atomic mass is 14.7. The molecule has 0 aromatic carbocycles. The SMILES string of the molecule is [CH2]CC(N)CC(C)N. The van der Waals surface area contributed by atoms with Gasteiger partial charge in [-0.05, 0) is 19.8 Å². The van der Waals surface area contributed by atoms with Crippen LogP contribution in [0.1, 0.15) is 19.8 Å². The van der Waals surface area contributed by atoms with Crippen molar-refractivity contribution in [2.45, 2.75) is 31.8 Å². The van der Waals surface area contributed by atoms with Crippen molar-refractivity contribution in [3.63, 3.8) is 0 Å². The maximum Gasteiger partial charge on any atom is 0.00534 e. The number of nitrogens with two attached hydrogens (primary N) is 2. The first-order valence-electron chi connectivity index (χ1n) is 2.97. The molecule has 0 bridgehead atoms. The Hall–Kier alpha value is -0.0800. The van der Waals surface area contributed by atoms with Gasteiger partial charge in [0.05, 0.1) is 0 Å². The molecule has 4 N–H and O–H groups in total. The Labute approximate surface area is 51.2 Å². The van der Waals surface area contributed by atoms with Gasteiger partial charge in [0.25, 0.3) is 0 Å². The minimum atomic E-state index is 0.190. The van der Waals surface area contributed by atoms with Gasteiger partial charge in [-0.3, -0.25) is 0 Å². The summed E-state index contributed by atoms with van der Waals surface area (Å²) in [4.78, 5) is 0. The average molecular weight is 115 g/mol. The molecule has 0 saturated heterocycles. The molecule has 2 nitrogen and oxygen atoms in total. The predicted molar refractivity (Wildman–Crippen MR) is 36.2 cm³/mol. The normalized spacial score (nSPS) is 18.0. The average Bonchev–Trinajstić information content (AvgIpc) is 1.65. The minimum Gasteiger partial charge on any atom is -0.328 e. The standard InChI is InChI=1S/C6H15N2/c1-3-6(8)4-5(2)7/h5-6H,1,3-4,7-8H2,2H3. The fraction of sp³-hybridized carbons (Fsp3) is 0.833. The minimum absolute atomic E-state index is 0.190. The van der Waals surface area contributed by atoms with Gasteiger partial charge in [-0.25, -0.2) is 0 Å². The van der Waals surface area contributed by atoms with Crippen molar-refractivity contribution >= 4 is 0 Å². The summed E-state index contributed by atoms with van der Waals surface area (Å²) < 4.78 is 0. The lowest BCUT2D eigenvalue weighted by atomic mass is 10.1. The van der Waals surface area contributed by atoms with E-state index in [1.54, 1.807) is 0 Å². The number of rotatable bonds is 3. The van der Waals surface area contributed by atoms with E-state index in [2.05, 4.69) is 6.92 Å². The topological polar surface area (TPSA) is 52.0 Å². The van der Waals surface area contributed by atoms with Crippen LogP contribution in [-0.4, -0.2) is 12.1 Å². The summed E-state index contributed by atoms with van der Waals surface area (Å²) in [7, 11) is 0. The molecule has 0 fully saturated rings. The molecular weight excluding hydrogens is 100 g/mol. The van der Waals surface area contributed by atoms with Crippen LogP contribution in [0.25, 0.3) is 0 Å². The fourth-order valence-corrected chi connectivity index (χ4v) is 0.595. The first kappa shape index (κ1) is 7.92. The van der Waals surface area contributed by atoms with E-state index in [-0.39, 0.29) is 12.1 Å². The molecule has 8 heavy (non-hydrogen) atoms. The number of hydrogen-bond donors (Lipinski definition) is 2. The van der Waals surface area contributed by atoms with Gasteiger partial charge in [-0.15, -0.1) is 0 Å². The van der Waals surface area contributed by atoms with E-state index in [4.69, 9.17) is 11.5 Å². The fourth-order valence-electron chi connectivity index (χ4n) is 0.595. The molecule has 2 unspecified atom stereocenters. The van der Waals surface area contributed by atoms with Crippen molar-refractivity contribution in [3.8, 4) is 0 Å². The highest BCUT2D eigenvalue weighted by Crippen LogP contribution is 1.94. The largest absolute Gasteiger partial charge is 0.328 e. The van der Waals surface area contributed by atoms with Crippen molar-refractivity contribution < 1.29 is 0 Å². The monoisotopic (exact) mass is 115 g/mol. The van der Waals surface area contributed by atoms with Crippen LogP contribution in [0.2, 0.25) is 0 Å². The van der Waals surface area contributed by atoms with E-state index in [0.29, 0.717) is 0 Å². The maximum atomic E-state index is 5.53. The smallest absolute Gasteiger partial charge is 0.00534 e. The van der Waals surface area contributed by atoms with Gasteiger partial charge in [-0.2, -0.15) is 0 Å². The second-order valence-corrected chi connectivity index (χ2v) is 2.26. The van der Waals surface area contributed by atoms with E-state index < -0.39 is 0 Å². The van der Waals surface area contributed by atoms with Crippen LogP contribution in [0.3, 0.4) is 0 Å². The van der Waals surface area contributed by atoms with Crippen LogP contribution in [0.5, 0.6) is 0 Å². The molecule has 49 valence electrons. The second kappa shape index (κ2) is 3.87. The molecule has 0 rings (SSSR count). The summed E-state index contributed by atoms with van der Waals surface area (Å²) in [6.07, 6.45) is 1.66. The Bertz CT molecular complexity index is 52.5. The highest BCUT2D eigenvalue weighted by Gasteiger charge is 2.00. The first-order valence-corrected chi connectivity index (χ1v) is 2.97. The van der Waals surface area contributed by atoms with E-state index >= 15 is 0 Å². The first-order chi connectivity index (χ1) is 3.66. The van der Waals surface area contributed by atoms with Gasteiger partial charge in [0.1, 0.15) is 0 Å². The highest BCUT2D eigenvalue weighted by molar-refractivity contribution is 4.67. The quantitative estimate of drug-likeness (QED) is 0.555. The Balaban J connectivity index is 3.10. The van der Waals surface area contributed by atoms with E-state index in [9.17, 15) is 0 Å². The summed E-state index contributed by atoms with van der Waals surface area (Å²) in [5, 5.41) is 0. The summed E-state index contributed by atoms with van der Waals surface area (Å²) in [6.45, 7) is 5.61. The molecule has 0 aliphatic carbocycles. The van der Waals surface area contributed by atoms with Gasteiger partial charge in [-0.1, -0.05) is 6.92 Å². The predicted octanol–water partition coefficient (Wildman–Crippen LogP) is 0.275. The zero-order valence-corrected chi connectivity index (χ0v) is 5.43. The lowest BCUT2D eigenvalue weighted by molar-refractivity contribution is 0.550. The van der Waals surface area contributed by atoms with Gasteiger partial charge in [0.2, 0.25) is 0 Å². The van der Waals surface area contributed by atoms with Crippen molar-refractivity contribution in [1.29, 1.82) is 0 Å². The van der Waals surface area contributed by atoms with Gasteiger partial charge in [0.15, 0.2) is 0 Å². The lowest BCUT2D eigenvalue weighted by Crippen LogP contribution is -2.28. The molecule has 1 radical (unpaired) electrons. The Morgan fingerprint density at radius 1 is 1.50 bits per heavy atom. The third-order valence-electron chi connectivity index (χ3n) is 1.05. The Morgan fingerprint density at radius 3 is 2.12 bits per heavy atom. The van der Waals surface area contributed by atoms with Crippen molar-refractivity contribution in [2.24, 2.45) is 11.5 Å². The molecule has 0 aliphatic rings. The van der Waals surface area contributed by atoms with Gasteiger partial charge < -0.3 is 11.5 Å². The van der Waals surface area contributed by atoms with Crippen LogP contribution < -0.4 is 11.5 Å². The van der Waals surface area contributed by atoms with Crippen molar-refractivity contribution in [1.82, 2.24) is 0 Å². The molecule has 0 aliphatic heterocycles. The van der Waals surface area contributed by atoms with E-state index in [0.717, 1.165) is 12.8 Å². The molecular formula is C6H15N2. The molecule has 2 atom stereocenters. The molecule has 0 amide bonds. The maximum absolute atomic E-state index is 5.53. The van der Waals surface area contributed by atoms with E-state index in [1.165, 1.54) is 0 Å². The molecule has 0 aromatic heterocycles. The van der Waals surface area contributed by atoms with Crippen LogP contribution in [0.4, 0.5) is 0 Å². The molecule has 2 heteroatoms. The summed E-state index contributed by atoms with van der Waals surface area (Å²) in [5.74, 6) is 0. The summed E-state index contributed by atoms with van der Waals surface area (Å²) in [5.41, 5.74) is 11.0. The van der Waals surface area contributed by atoms with Crippen LogP contribution >= 0.6 is 0 Å². The van der Waals surface area contributed by atoms with Crippen LogP contribution in [0.15, 0.2) is 0 Å². The lowest BCUT2D eigenvalue weighted by Gasteiger charge is -2.09. The van der Waals surface area contributed by atoms with Gasteiger partial charge in [0, 0.05) is 12.1 Å². The van der Waals surface area contributed by atoms with Crippen molar-refractivity contribution in [3.05, 3.63) is 6.92 Å². The van der Waals surface area contributed by atoms with Crippen LogP contribution in [0, 0.1) is 6.92 Å². The Kier molecular flexibility index (Phi) is 3.83. The molecule has 0 spiro atoms. The summed E-state index contributed by atoms with van der Waals surface area (Å²) in [6, 6.07) is 0.404. The van der Waals surface area contributed by atoms with Crippen molar-refractivity contribution in [2.75, 3.05) is 0 Å². The zero-order chi connectivity index (χ0) is 6.57. The van der Waals surface area contributed by atoms with Gasteiger partial charge >= 0.3 is 0 Å². The summed E-state index contributed by atoms with van der Waals surface area (Å²) >= 11 is 0. The molecule has 0 aromatic rings. The zero-order valence-electron chi connectivity index (χ0n) is 5.43. The Morgan fingerprint density at radius 2 is 2.00 bits per heavy atom. The van der Waals surface area contributed by atoms with Crippen LogP contribution in [-0.2, 0) is 0 Å². The molecule has 0 saturated carbocycles. The third kappa shape index (κ3) is 4.09. The second-order valence-electron chi connectivity index (χ2n) is 2.26. The van der Waals surface area contributed by atoms with E-state index in [1.807, 2.05) is 6.92 Å².